The molecule has 1 amide bonds. The SMILES string of the molecule is Cc1ccnc(Nc2ccc(C(N)=O)cc2)c1C(N)=S. The van der Waals surface area contributed by atoms with E-state index in [9.17, 15) is 4.79 Å². The summed E-state index contributed by atoms with van der Waals surface area (Å²) in [5, 5.41) is 3.13. The zero-order chi connectivity index (χ0) is 14.7. The first-order valence-electron chi connectivity index (χ1n) is 5.91. The number of aromatic nitrogens is 1. The van der Waals surface area contributed by atoms with Gasteiger partial charge in [0.05, 0.1) is 5.56 Å². The summed E-state index contributed by atoms with van der Waals surface area (Å²) >= 11 is 5.04. The van der Waals surface area contributed by atoms with Crippen LogP contribution in [0.15, 0.2) is 36.5 Å². The Hall–Kier alpha value is -2.47. The van der Waals surface area contributed by atoms with Gasteiger partial charge in [0.15, 0.2) is 0 Å². The maximum absolute atomic E-state index is 11.0. The fourth-order valence-corrected chi connectivity index (χ4v) is 2.08. The van der Waals surface area contributed by atoms with E-state index in [1.54, 1.807) is 30.5 Å². The van der Waals surface area contributed by atoms with Crippen molar-refractivity contribution in [2.45, 2.75) is 6.92 Å². The number of hydrogen-bond donors (Lipinski definition) is 3. The van der Waals surface area contributed by atoms with Gasteiger partial charge in [0.25, 0.3) is 0 Å². The fourth-order valence-electron chi connectivity index (χ4n) is 1.82. The molecule has 1 aromatic carbocycles. The molecule has 0 aliphatic carbocycles. The van der Waals surface area contributed by atoms with Crippen LogP contribution in [0.2, 0.25) is 0 Å². The summed E-state index contributed by atoms with van der Waals surface area (Å²) in [5.74, 6) is 0.124. The smallest absolute Gasteiger partial charge is 0.248 e. The minimum absolute atomic E-state index is 0.284. The lowest BCUT2D eigenvalue weighted by atomic mass is 10.1. The normalized spacial score (nSPS) is 10.1. The highest BCUT2D eigenvalue weighted by Crippen LogP contribution is 2.21. The van der Waals surface area contributed by atoms with Crippen molar-refractivity contribution in [1.29, 1.82) is 0 Å². The van der Waals surface area contributed by atoms with Crippen molar-refractivity contribution in [2.24, 2.45) is 11.5 Å². The summed E-state index contributed by atoms with van der Waals surface area (Å²) in [4.78, 5) is 15.5. The summed E-state index contributed by atoms with van der Waals surface area (Å²) in [5.41, 5.74) is 13.8. The Labute approximate surface area is 122 Å². The van der Waals surface area contributed by atoms with Crippen molar-refractivity contribution in [3.05, 3.63) is 53.2 Å². The monoisotopic (exact) mass is 286 g/mol. The van der Waals surface area contributed by atoms with Crippen molar-refractivity contribution < 1.29 is 4.79 Å². The Morgan fingerprint density at radius 1 is 1.20 bits per heavy atom. The molecule has 5 nitrogen and oxygen atoms in total. The number of amides is 1. The van der Waals surface area contributed by atoms with E-state index in [2.05, 4.69) is 10.3 Å². The number of nitrogens with one attached hydrogen (secondary N) is 1. The van der Waals surface area contributed by atoms with E-state index in [1.807, 2.05) is 13.0 Å². The molecule has 1 aromatic heterocycles. The first-order valence-corrected chi connectivity index (χ1v) is 6.32. The zero-order valence-electron chi connectivity index (χ0n) is 10.9. The van der Waals surface area contributed by atoms with Crippen LogP contribution in [0, 0.1) is 6.92 Å². The van der Waals surface area contributed by atoms with Gasteiger partial charge < -0.3 is 16.8 Å². The third-order valence-corrected chi connectivity index (χ3v) is 3.04. The molecular weight excluding hydrogens is 272 g/mol. The summed E-state index contributed by atoms with van der Waals surface area (Å²) < 4.78 is 0. The first-order chi connectivity index (χ1) is 9.49. The van der Waals surface area contributed by atoms with Crippen LogP contribution in [0.3, 0.4) is 0 Å². The molecule has 0 fully saturated rings. The van der Waals surface area contributed by atoms with Crippen LogP contribution >= 0.6 is 12.2 Å². The second kappa shape index (κ2) is 5.66. The Morgan fingerprint density at radius 2 is 1.85 bits per heavy atom. The average Bonchev–Trinajstić information content (AvgIpc) is 2.39. The first kappa shape index (κ1) is 14.0. The lowest BCUT2D eigenvalue weighted by Crippen LogP contribution is -2.15. The average molecular weight is 286 g/mol. The third kappa shape index (κ3) is 2.92. The Balaban J connectivity index is 2.33. The number of pyridine rings is 1. The van der Waals surface area contributed by atoms with Gasteiger partial charge in [0.1, 0.15) is 10.8 Å². The van der Waals surface area contributed by atoms with Crippen LogP contribution in [0.4, 0.5) is 11.5 Å². The summed E-state index contributed by atoms with van der Waals surface area (Å²) in [6.45, 7) is 1.91. The van der Waals surface area contributed by atoms with Crippen LogP contribution in [0.25, 0.3) is 0 Å². The standard InChI is InChI=1S/C14H14N4OS/c1-8-6-7-17-14(11(8)13(16)20)18-10-4-2-9(3-5-10)12(15)19/h2-7H,1H3,(H2,15,19)(H2,16,20)(H,17,18). The largest absolute Gasteiger partial charge is 0.389 e. The minimum atomic E-state index is -0.464. The van der Waals surface area contributed by atoms with E-state index in [0.717, 1.165) is 11.3 Å². The number of anilines is 2. The number of primary amides is 1. The van der Waals surface area contributed by atoms with E-state index in [4.69, 9.17) is 23.7 Å². The van der Waals surface area contributed by atoms with Crippen LogP contribution in [0.1, 0.15) is 21.5 Å². The molecule has 5 N–H and O–H groups in total. The number of thiocarbonyl (C=S) groups is 1. The molecule has 0 aliphatic rings. The van der Waals surface area contributed by atoms with E-state index in [1.165, 1.54) is 0 Å². The number of carbonyl (C=O) groups is 1. The number of nitrogens with two attached hydrogens (primary N) is 2. The van der Waals surface area contributed by atoms with E-state index in [0.29, 0.717) is 16.9 Å². The molecule has 2 aromatic rings. The van der Waals surface area contributed by atoms with Gasteiger partial charge in [-0.05, 0) is 42.8 Å². The Bertz CT molecular complexity index is 667. The molecule has 0 aliphatic heterocycles. The second-order valence-corrected chi connectivity index (χ2v) is 4.72. The molecule has 1 heterocycles. The molecule has 20 heavy (non-hydrogen) atoms. The number of benzene rings is 1. The lowest BCUT2D eigenvalue weighted by molar-refractivity contribution is 0.100. The highest BCUT2D eigenvalue weighted by atomic mass is 32.1. The summed E-state index contributed by atoms with van der Waals surface area (Å²) in [6, 6.07) is 8.61. The van der Waals surface area contributed by atoms with Gasteiger partial charge in [0.2, 0.25) is 5.91 Å². The minimum Gasteiger partial charge on any atom is -0.389 e. The molecule has 102 valence electrons. The van der Waals surface area contributed by atoms with Crippen LogP contribution in [0.5, 0.6) is 0 Å². The number of nitrogens with zero attached hydrogens (tertiary/aromatic N) is 1. The maximum Gasteiger partial charge on any atom is 0.248 e. The lowest BCUT2D eigenvalue weighted by Gasteiger charge is -2.12. The maximum atomic E-state index is 11.0. The molecule has 0 bridgehead atoms. The molecule has 6 heteroatoms. The molecule has 0 atom stereocenters. The molecule has 0 spiro atoms. The van der Waals surface area contributed by atoms with Crippen molar-refractivity contribution in [2.75, 3.05) is 5.32 Å². The van der Waals surface area contributed by atoms with Gasteiger partial charge in [-0.25, -0.2) is 4.98 Å². The molecule has 0 unspecified atom stereocenters. The van der Waals surface area contributed by atoms with Crippen molar-refractivity contribution >= 4 is 34.6 Å². The van der Waals surface area contributed by atoms with Gasteiger partial charge in [0, 0.05) is 17.4 Å². The fraction of sp³-hybridized carbons (Fsp3) is 0.0714. The zero-order valence-corrected chi connectivity index (χ0v) is 11.7. The third-order valence-electron chi connectivity index (χ3n) is 2.84. The van der Waals surface area contributed by atoms with Crippen LogP contribution in [-0.4, -0.2) is 15.9 Å². The highest BCUT2D eigenvalue weighted by molar-refractivity contribution is 7.80. The van der Waals surface area contributed by atoms with E-state index < -0.39 is 5.91 Å². The number of aryl methyl sites for hydroxylation is 1. The van der Waals surface area contributed by atoms with Crippen molar-refractivity contribution in [3.63, 3.8) is 0 Å². The highest BCUT2D eigenvalue weighted by Gasteiger charge is 2.10. The Kier molecular flexibility index (Phi) is 3.95. The van der Waals surface area contributed by atoms with Gasteiger partial charge in [-0.3, -0.25) is 4.79 Å². The quantitative estimate of drug-likeness (QED) is 0.746. The Morgan fingerprint density at radius 3 is 2.40 bits per heavy atom. The van der Waals surface area contributed by atoms with Crippen LogP contribution < -0.4 is 16.8 Å². The van der Waals surface area contributed by atoms with Gasteiger partial charge in [-0.1, -0.05) is 12.2 Å². The molecular formula is C14H14N4OS. The predicted octanol–water partition coefficient (Wildman–Crippen LogP) is 1.87. The van der Waals surface area contributed by atoms with Gasteiger partial charge in [-0.2, -0.15) is 0 Å². The number of rotatable bonds is 4. The van der Waals surface area contributed by atoms with E-state index >= 15 is 0 Å². The molecule has 0 saturated carbocycles. The summed E-state index contributed by atoms with van der Waals surface area (Å²) in [6.07, 6.45) is 1.68. The van der Waals surface area contributed by atoms with E-state index in [-0.39, 0.29) is 4.99 Å². The number of carbonyl (C=O) groups excluding carboxylic acids is 1. The molecule has 2 rings (SSSR count). The second-order valence-electron chi connectivity index (χ2n) is 4.28. The van der Waals surface area contributed by atoms with Crippen molar-refractivity contribution in [3.8, 4) is 0 Å². The van der Waals surface area contributed by atoms with Crippen LogP contribution in [-0.2, 0) is 0 Å². The molecule has 0 radical (unpaired) electrons. The van der Waals surface area contributed by atoms with Gasteiger partial charge in [-0.15, -0.1) is 0 Å². The number of hydrogen-bond acceptors (Lipinski definition) is 4. The topological polar surface area (TPSA) is 94.0 Å². The predicted molar refractivity (Wildman–Crippen MR) is 83.1 cm³/mol. The van der Waals surface area contributed by atoms with Crippen molar-refractivity contribution in [1.82, 2.24) is 4.98 Å². The molecule has 0 saturated heterocycles. The van der Waals surface area contributed by atoms with Gasteiger partial charge >= 0.3 is 0 Å². The summed E-state index contributed by atoms with van der Waals surface area (Å²) in [7, 11) is 0.